The Morgan fingerprint density at radius 1 is 1.24 bits per heavy atom. The first-order chi connectivity index (χ1) is 10.1. The molecule has 0 unspecified atom stereocenters. The fourth-order valence-electron chi connectivity index (χ4n) is 1.56. The molecule has 0 saturated heterocycles. The van der Waals surface area contributed by atoms with Gasteiger partial charge >= 0.3 is 0 Å². The predicted octanol–water partition coefficient (Wildman–Crippen LogP) is 1.92. The molecule has 1 heterocycles. The molecule has 0 bridgehead atoms. The second-order valence-corrected chi connectivity index (χ2v) is 4.02. The van der Waals surface area contributed by atoms with Gasteiger partial charge in [0.25, 0.3) is 5.91 Å². The molecule has 0 saturated carbocycles. The van der Waals surface area contributed by atoms with Gasteiger partial charge in [-0.1, -0.05) is 11.8 Å². The summed E-state index contributed by atoms with van der Waals surface area (Å²) in [6.45, 7) is 0.221. The summed E-state index contributed by atoms with van der Waals surface area (Å²) in [5.41, 5.74) is 5.90. The zero-order valence-electron chi connectivity index (χ0n) is 10.9. The smallest absolute Gasteiger partial charge is 0.256 e. The van der Waals surface area contributed by atoms with Crippen LogP contribution in [0.1, 0.15) is 15.9 Å². The van der Waals surface area contributed by atoms with Gasteiger partial charge < -0.3 is 11.1 Å². The molecule has 21 heavy (non-hydrogen) atoms. The van der Waals surface area contributed by atoms with Crippen molar-refractivity contribution in [2.75, 3.05) is 11.9 Å². The van der Waals surface area contributed by atoms with E-state index in [4.69, 9.17) is 5.73 Å². The molecule has 0 aliphatic heterocycles. The average Bonchev–Trinajstić information content (AvgIpc) is 2.48. The van der Waals surface area contributed by atoms with Gasteiger partial charge in [0.2, 0.25) is 0 Å². The average molecular weight is 287 g/mol. The van der Waals surface area contributed by atoms with Crippen LogP contribution in [-0.2, 0) is 0 Å². The van der Waals surface area contributed by atoms with E-state index in [1.54, 1.807) is 12.1 Å². The highest BCUT2D eigenvalue weighted by molar-refractivity contribution is 6.03. The lowest BCUT2D eigenvalue weighted by Gasteiger charge is -2.05. The molecule has 1 amide bonds. The molecule has 4 nitrogen and oxygen atoms in total. The third kappa shape index (κ3) is 3.84. The highest BCUT2D eigenvalue weighted by Crippen LogP contribution is 2.11. The lowest BCUT2D eigenvalue weighted by molar-refractivity contribution is 0.102. The normalized spacial score (nSPS) is 9.67. The summed E-state index contributed by atoms with van der Waals surface area (Å²) < 4.78 is 25.9. The number of rotatable bonds is 2. The SMILES string of the molecule is NCC#Cc1ccnc(NC(=O)c2ccc(F)c(F)c2)c1. The Morgan fingerprint density at radius 2 is 2.05 bits per heavy atom. The monoisotopic (exact) mass is 287 g/mol. The standard InChI is InChI=1S/C15H11F2N3O/c16-12-4-3-11(9-13(12)17)15(21)20-14-8-10(2-1-6-18)5-7-19-14/h3-5,7-9H,6,18H2,(H,19,20,21). The van der Waals surface area contributed by atoms with E-state index in [-0.39, 0.29) is 17.9 Å². The van der Waals surface area contributed by atoms with Crippen LogP contribution in [-0.4, -0.2) is 17.4 Å². The number of amides is 1. The molecule has 0 fully saturated rings. The first-order valence-corrected chi connectivity index (χ1v) is 6.01. The Labute approximate surface area is 120 Å². The number of aromatic nitrogens is 1. The Kier molecular flexibility index (Phi) is 4.59. The molecule has 106 valence electrons. The van der Waals surface area contributed by atoms with Gasteiger partial charge in [0.05, 0.1) is 6.54 Å². The Hall–Kier alpha value is -2.78. The van der Waals surface area contributed by atoms with Crippen molar-refractivity contribution in [3.63, 3.8) is 0 Å². The fraction of sp³-hybridized carbons (Fsp3) is 0.0667. The molecular formula is C15H11F2N3O. The Balaban J connectivity index is 2.17. The van der Waals surface area contributed by atoms with E-state index in [0.29, 0.717) is 5.56 Å². The summed E-state index contributed by atoms with van der Waals surface area (Å²) in [5, 5.41) is 2.48. The van der Waals surface area contributed by atoms with Gasteiger partial charge in [-0.3, -0.25) is 4.79 Å². The van der Waals surface area contributed by atoms with Crippen LogP contribution in [0.2, 0.25) is 0 Å². The summed E-state index contributed by atoms with van der Waals surface area (Å²) >= 11 is 0. The number of benzene rings is 1. The molecule has 2 aromatic rings. The van der Waals surface area contributed by atoms with Gasteiger partial charge in [-0.25, -0.2) is 13.8 Å². The third-order valence-corrected chi connectivity index (χ3v) is 2.52. The van der Waals surface area contributed by atoms with Crippen molar-refractivity contribution in [3.05, 3.63) is 59.3 Å². The number of pyridine rings is 1. The van der Waals surface area contributed by atoms with Crippen LogP contribution in [0.3, 0.4) is 0 Å². The van der Waals surface area contributed by atoms with Gasteiger partial charge in [-0.05, 0) is 30.3 Å². The van der Waals surface area contributed by atoms with Crippen LogP contribution in [0.5, 0.6) is 0 Å². The van der Waals surface area contributed by atoms with Gasteiger partial charge in [0.15, 0.2) is 11.6 Å². The lowest BCUT2D eigenvalue weighted by Crippen LogP contribution is -2.13. The topological polar surface area (TPSA) is 68.0 Å². The van der Waals surface area contributed by atoms with E-state index in [1.807, 2.05) is 0 Å². The van der Waals surface area contributed by atoms with Crippen LogP contribution < -0.4 is 11.1 Å². The number of nitrogens with zero attached hydrogens (tertiary/aromatic N) is 1. The fourth-order valence-corrected chi connectivity index (χ4v) is 1.56. The Bertz CT molecular complexity index is 735. The maximum Gasteiger partial charge on any atom is 0.256 e. The molecule has 0 radical (unpaired) electrons. The summed E-state index contributed by atoms with van der Waals surface area (Å²) in [7, 11) is 0. The molecule has 0 atom stereocenters. The predicted molar refractivity (Wildman–Crippen MR) is 74.5 cm³/mol. The zero-order chi connectivity index (χ0) is 15.2. The Morgan fingerprint density at radius 3 is 2.76 bits per heavy atom. The van der Waals surface area contributed by atoms with E-state index >= 15 is 0 Å². The molecule has 1 aromatic carbocycles. The number of nitrogens with two attached hydrogens (primary N) is 1. The van der Waals surface area contributed by atoms with Crippen molar-refractivity contribution in [3.8, 4) is 11.8 Å². The quantitative estimate of drug-likeness (QED) is 0.829. The summed E-state index contributed by atoms with van der Waals surface area (Å²) in [4.78, 5) is 15.9. The number of nitrogens with one attached hydrogen (secondary N) is 1. The van der Waals surface area contributed by atoms with Crippen LogP contribution in [0.4, 0.5) is 14.6 Å². The van der Waals surface area contributed by atoms with E-state index in [9.17, 15) is 13.6 Å². The summed E-state index contributed by atoms with van der Waals surface area (Å²) in [6, 6.07) is 6.12. The second kappa shape index (κ2) is 6.59. The van der Waals surface area contributed by atoms with Crippen molar-refractivity contribution in [1.82, 2.24) is 4.98 Å². The molecule has 0 aliphatic carbocycles. The molecule has 3 N–H and O–H groups in total. The van der Waals surface area contributed by atoms with Gasteiger partial charge in [0.1, 0.15) is 5.82 Å². The third-order valence-electron chi connectivity index (χ3n) is 2.52. The number of hydrogen-bond acceptors (Lipinski definition) is 3. The van der Waals surface area contributed by atoms with Crippen molar-refractivity contribution in [1.29, 1.82) is 0 Å². The van der Waals surface area contributed by atoms with Gasteiger partial charge in [-0.2, -0.15) is 0 Å². The summed E-state index contributed by atoms with van der Waals surface area (Å²) in [6.07, 6.45) is 1.47. The number of carbonyl (C=O) groups excluding carboxylic acids is 1. The van der Waals surface area contributed by atoms with Gasteiger partial charge in [0, 0.05) is 17.3 Å². The lowest BCUT2D eigenvalue weighted by atomic mass is 10.2. The van der Waals surface area contributed by atoms with E-state index in [1.165, 1.54) is 12.3 Å². The van der Waals surface area contributed by atoms with E-state index in [0.717, 1.165) is 12.1 Å². The molecule has 1 aromatic heterocycles. The van der Waals surface area contributed by atoms with Gasteiger partial charge in [-0.15, -0.1) is 0 Å². The maximum absolute atomic E-state index is 13.1. The van der Waals surface area contributed by atoms with Crippen LogP contribution >= 0.6 is 0 Å². The number of anilines is 1. The largest absolute Gasteiger partial charge is 0.320 e. The molecule has 0 spiro atoms. The highest BCUT2D eigenvalue weighted by Gasteiger charge is 2.10. The van der Waals surface area contributed by atoms with Crippen LogP contribution in [0, 0.1) is 23.5 Å². The molecule has 0 aliphatic rings. The van der Waals surface area contributed by atoms with Crippen LogP contribution in [0.15, 0.2) is 36.5 Å². The van der Waals surface area contributed by atoms with Crippen molar-refractivity contribution >= 4 is 11.7 Å². The first kappa shape index (κ1) is 14.6. The van der Waals surface area contributed by atoms with Crippen molar-refractivity contribution in [2.45, 2.75) is 0 Å². The number of carbonyl (C=O) groups is 1. The minimum atomic E-state index is -1.09. The first-order valence-electron chi connectivity index (χ1n) is 6.01. The minimum Gasteiger partial charge on any atom is -0.320 e. The number of hydrogen-bond donors (Lipinski definition) is 2. The minimum absolute atomic E-state index is 0.00542. The summed E-state index contributed by atoms with van der Waals surface area (Å²) in [5.74, 6) is 3.05. The molecule has 2 rings (SSSR count). The van der Waals surface area contributed by atoms with E-state index < -0.39 is 17.5 Å². The zero-order valence-corrected chi connectivity index (χ0v) is 10.9. The molecular weight excluding hydrogens is 276 g/mol. The van der Waals surface area contributed by atoms with Crippen molar-refractivity contribution in [2.24, 2.45) is 5.73 Å². The van der Waals surface area contributed by atoms with Crippen LogP contribution in [0.25, 0.3) is 0 Å². The molecule has 6 heteroatoms. The second-order valence-electron chi connectivity index (χ2n) is 4.02. The van der Waals surface area contributed by atoms with E-state index in [2.05, 4.69) is 22.1 Å². The highest BCUT2D eigenvalue weighted by atomic mass is 19.2. The van der Waals surface area contributed by atoms with Crippen molar-refractivity contribution < 1.29 is 13.6 Å². The number of halogens is 2. The maximum atomic E-state index is 13.1.